The molecule has 1 aromatic heterocycles. The molecular weight excluding hydrogens is 391 g/mol. The molecule has 5 atom stereocenters. The van der Waals surface area contributed by atoms with Crippen LogP contribution in [0.2, 0.25) is 5.02 Å². The summed E-state index contributed by atoms with van der Waals surface area (Å²) in [7, 11) is 0. The lowest BCUT2D eigenvalue weighted by Gasteiger charge is -2.37. The molecular formula is C20H18ClFO4S. The second-order valence-electron chi connectivity index (χ2n) is 6.65. The van der Waals surface area contributed by atoms with Gasteiger partial charge in [-0.15, -0.1) is 11.3 Å². The molecule has 4 nitrogen and oxygen atoms in total. The first-order valence-corrected chi connectivity index (χ1v) is 9.73. The van der Waals surface area contributed by atoms with E-state index in [1.54, 1.807) is 29.5 Å². The topological polar surface area (TPSA) is 69.9 Å². The third-order valence-electron chi connectivity index (χ3n) is 4.78. The number of benzene rings is 2. The molecule has 2 aromatic carbocycles. The minimum absolute atomic E-state index is 0.521. The highest BCUT2D eigenvalue weighted by Crippen LogP contribution is 2.35. The standard InChI is InChI=1S/C20H18ClFO4S/c21-14-6-5-11(19-18(24)17(23)16(22)20(25)26-19)7-12(14)9-13-8-10-3-1-2-4-15(10)27-13/h1-8,16-20,23-25H,9H2/t16?,17-,18+,19-,20-/m0/s1. The molecule has 0 radical (unpaired) electrons. The van der Waals surface area contributed by atoms with E-state index in [0.717, 1.165) is 15.8 Å². The Bertz CT molecular complexity index is 929. The number of hydrogen-bond acceptors (Lipinski definition) is 5. The van der Waals surface area contributed by atoms with Crippen LogP contribution in [0.1, 0.15) is 22.1 Å². The van der Waals surface area contributed by atoms with E-state index in [1.165, 1.54) is 4.70 Å². The van der Waals surface area contributed by atoms with Gasteiger partial charge >= 0.3 is 0 Å². The normalized spacial score (nSPS) is 28.6. The minimum Gasteiger partial charge on any atom is -0.387 e. The van der Waals surface area contributed by atoms with Crippen LogP contribution in [-0.2, 0) is 11.2 Å². The van der Waals surface area contributed by atoms with Gasteiger partial charge in [0, 0.05) is 21.0 Å². The molecule has 1 unspecified atom stereocenters. The van der Waals surface area contributed by atoms with Gasteiger partial charge < -0.3 is 20.1 Å². The molecule has 2 heterocycles. The summed E-state index contributed by atoms with van der Waals surface area (Å²) in [5, 5.41) is 31.3. The van der Waals surface area contributed by atoms with Crippen LogP contribution in [0.3, 0.4) is 0 Å². The summed E-state index contributed by atoms with van der Waals surface area (Å²) in [6.07, 6.45) is -7.51. The number of halogens is 2. The van der Waals surface area contributed by atoms with Crippen molar-refractivity contribution in [2.75, 3.05) is 0 Å². The minimum atomic E-state index is -2.05. The Morgan fingerprint density at radius 1 is 1.04 bits per heavy atom. The van der Waals surface area contributed by atoms with E-state index in [9.17, 15) is 19.7 Å². The Morgan fingerprint density at radius 3 is 2.59 bits per heavy atom. The van der Waals surface area contributed by atoms with Crippen LogP contribution in [-0.4, -0.2) is 40.0 Å². The second kappa shape index (κ2) is 7.47. The molecule has 0 saturated carbocycles. The van der Waals surface area contributed by atoms with Gasteiger partial charge in [-0.25, -0.2) is 4.39 Å². The lowest BCUT2D eigenvalue weighted by Crippen LogP contribution is -2.52. The fourth-order valence-electron chi connectivity index (χ4n) is 3.34. The van der Waals surface area contributed by atoms with Crippen molar-refractivity contribution in [3.05, 3.63) is 69.6 Å². The van der Waals surface area contributed by atoms with Crippen LogP contribution in [0, 0.1) is 0 Å². The number of rotatable bonds is 3. The number of aliphatic hydroxyl groups is 3. The largest absolute Gasteiger partial charge is 0.387 e. The van der Waals surface area contributed by atoms with Gasteiger partial charge in [0.25, 0.3) is 0 Å². The summed E-state index contributed by atoms with van der Waals surface area (Å²) < 4.78 is 20.0. The number of ether oxygens (including phenoxy) is 1. The van der Waals surface area contributed by atoms with E-state index < -0.39 is 30.8 Å². The Labute approximate surface area is 164 Å². The Hall–Kier alpha value is -1.54. The molecule has 1 aliphatic heterocycles. The monoisotopic (exact) mass is 408 g/mol. The van der Waals surface area contributed by atoms with Gasteiger partial charge in [0.2, 0.25) is 0 Å². The van der Waals surface area contributed by atoms with Crippen molar-refractivity contribution < 1.29 is 24.4 Å². The number of thiophene rings is 1. The van der Waals surface area contributed by atoms with E-state index >= 15 is 0 Å². The smallest absolute Gasteiger partial charge is 0.189 e. The van der Waals surface area contributed by atoms with Crippen molar-refractivity contribution in [1.29, 1.82) is 0 Å². The highest BCUT2D eigenvalue weighted by molar-refractivity contribution is 7.19. The zero-order valence-electron chi connectivity index (χ0n) is 14.1. The molecule has 1 aliphatic rings. The SMILES string of the molecule is O[C@H]1[C@H](c2ccc(Cl)c(Cc3cc4ccccc4s3)c2)O[C@H](O)C(F)[C@@H]1O. The molecule has 0 bridgehead atoms. The summed E-state index contributed by atoms with van der Waals surface area (Å²) in [4.78, 5) is 1.13. The highest BCUT2D eigenvalue weighted by atomic mass is 35.5. The van der Waals surface area contributed by atoms with Crippen LogP contribution in [0.25, 0.3) is 10.1 Å². The van der Waals surface area contributed by atoms with E-state index in [0.29, 0.717) is 17.0 Å². The summed E-state index contributed by atoms with van der Waals surface area (Å²) in [5.41, 5.74) is 1.34. The number of hydrogen-bond donors (Lipinski definition) is 3. The van der Waals surface area contributed by atoms with Crippen molar-refractivity contribution >= 4 is 33.0 Å². The number of aliphatic hydroxyl groups excluding tert-OH is 3. The summed E-state index contributed by atoms with van der Waals surface area (Å²) in [6, 6.07) is 15.3. The predicted molar refractivity (Wildman–Crippen MR) is 103 cm³/mol. The maximum atomic E-state index is 13.6. The van der Waals surface area contributed by atoms with Crippen LogP contribution in [0.15, 0.2) is 48.5 Å². The quantitative estimate of drug-likeness (QED) is 0.619. The van der Waals surface area contributed by atoms with Gasteiger partial charge in [-0.1, -0.05) is 41.9 Å². The van der Waals surface area contributed by atoms with Crippen molar-refractivity contribution in [2.24, 2.45) is 0 Å². The lowest BCUT2D eigenvalue weighted by atomic mass is 9.93. The maximum Gasteiger partial charge on any atom is 0.189 e. The molecule has 3 aromatic rings. The first-order chi connectivity index (χ1) is 12.9. The van der Waals surface area contributed by atoms with E-state index in [2.05, 4.69) is 18.2 Å². The molecule has 0 amide bonds. The van der Waals surface area contributed by atoms with Crippen LogP contribution >= 0.6 is 22.9 Å². The van der Waals surface area contributed by atoms with Crippen LogP contribution < -0.4 is 0 Å². The first kappa shape index (κ1) is 18.8. The van der Waals surface area contributed by atoms with Crippen molar-refractivity contribution in [3.8, 4) is 0 Å². The fraction of sp³-hybridized carbons (Fsp3) is 0.300. The Balaban J connectivity index is 1.63. The van der Waals surface area contributed by atoms with Gasteiger partial charge in [0.15, 0.2) is 12.5 Å². The molecule has 27 heavy (non-hydrogen) atoms. The third-order valence-corrected chi connectivity index (χ3v) is 6.27. The molecule has 3 N–H and O–H groups in total. The van der Waals surface area contributed by atoms with Crippen LogP contribution in [0.4, 0.5) is 4.39 Å². The first-order valence-electron chi connectivity index (χ1n) is 8.53. The van der Waals surface area contributed by atoms with Crippen LogP contribution in [0.5, 0.6) is 0 Å². The Morgan fingerprint density at radius 2 is 1.81 bits per heavy atom. The van der Waals surface area contributed by atoms with Crippen molar-refractivity contribution in [3.63, 3.8) is 0 Å². The average Bonchev–Trinajstić information content (AvgIpc) is 3.07. The van der Waals surface area contributed by atoms with E-state index in [-0.39, 0.29) is 0 Å². The average molecular weight is 409 g/mol. The van der Waals surface area contributed by atoms with Crippen molar-refractivity contribution in [2.45, 2.75) is 37.2 Å². The highest BCUT2D eigenvalue weighted by Gasteiger charge is 2.44. The van der Waals surface area contributed by atoms with E-state index in [1.807, 2.05) is 12.1 Å². The second-order valence-corrected chi connectivity index (χ2v) is 8.23. The fourth-order valence-corrected chi connectivity index (χ4v) is 4.61. The van der Waals surface area contributed by atoms with Gasteiger partial charge in [-0.3, -0.25) is 0 Å². The third kappa shape index (κ3) is 3.61. The number of fused-ring (bicyclic) bond motifs is 1. The van der Waals surface area contributed by atoms with Gasteiger partial charge in [-0.05, 0) is 34.7 Å². The van der Waals surface area contributed by atoms with E-state index in [4.69, 9.17) is 16.3 Å². The summed E-state index contributed by atoms with van der Waals surface area (Å²) >= 11 is 8.02. The van der Waals surface area contributed by atoms with Gasteiger partial charge in [-0.2, -0.15) is 0 Å². The molecule has 0 aliphatic carbocycles. The zero-order valence-corrected chi connectivity index (χ0v) is 15.7. The summed E-state index contributed by atoms with van der Waals surface area (Å²) in [6.45, 7) is 0. The maximum absolute atomic E-state index is 13.6. The number of alkyl halides is 1. The predicted octanol–water partition coefficient (Wildman–Crippen LogP) is 3.60. The molecule has 1 fully saturated rings. The Kier molecular flexibility index (Phi) is 5.20. The summed E-state index contributed by atoms with van der Waals surface area (Å²) in [5.74, 6) is 0. The van der Waals surface area contributed by atoms with Gasteiger partial charge in [0.1, 0.15) is 18.3 Å². The molecule has 0 spiro atoms. The zero-order chi connectivity index (χ0) is 19.1. The lowest BCUT2D eigenvalue weighted by molar-refractivity contribution is -0.268. The van der Waals surface area contributed by atoms with Gasteiger partial charge in [0.05, 0.1) is 0 Å². The molecule has 4 rings (SSSR count). The molecule has 7 heteroatoms. The van der Waals surface area contributed by atoms with Crippen molar-refractivity contribution in [1.82, 2.24) is 0 Å². The molecule has 1 saturated heterocycles. The molecule has 142 valence electrons.